The van der Waals surface area contributed by atoms with Gasteiger partial charge in [-0.15, -0.1) is 0 Å². The first kappa shape index (κ1) is 34.2. The van der Waals surface area contributed by atoms with Crippen molar-refractivity contribution in [2.75, 3.05) is 51.3 Å². The molecule has 2 aliphatic heterocycles. The third kappa shape index (κ3) is 4.92. The average molecular weight is 704 g/mol. The number of carbonyl (C=O) groups is 3. The minimum absolute atomic E-state index is 0.0143. The van der Waals surface area contributed by atoms with Gasteiger partial charge in [0, 0.05) is 49.1 Å². The van der Waals surface area contributed by atoms with Crippen LogP contribution in [0.3, 0.4) is 0 Å². The topological polar surface area (TPSA) is 139 Å². The van der Waals surface area contributed by atoms with Crippen molar-refractivity contribution in [2.24, 2.45) is 28.6 Å². The van der Waals surface area contributed by atoms with Gasteiger partial charge in [-0.25, -0.2) is 9.18 Å². The van der Waals surface area contributed by atoms with Crippen LogP contribution in [0.1, 0.15) is 69.3 Å². The SMILES string of the molecule is C[C@@H]1COc2c(N3CCN(C)CC3)c(F)cc3c(=O)c(C(=O)OCC(=O)[C@]4(O)CC[C@@H]5[C@H]6CCC7=CC(=O)C=C[C@@]7(C)C6[C@H](O)C[C@]54C)cn1c23. The van der Waals surface area contributed by atoms with Crippen LogP contribution in [0.2, 0.25) is 0 Å². The van der Waals surface area contributed by atoms with Gasteiger partial charge in [-0.2, -0.15) is 0 Å². The van der Waals surface area contributed by atoms with Gasteiger partial charge in [-0.1, -0.05) is 25.5 Å². The van der Waals surface area contributed by atoms with E-state index in [2.05, 4.69) is 11.8 Å². The number of allylic oxidation sites excluding steroid dienone is 4. The molecule has 51 heavy (non-hydrogen) atoms. The van der Waals surface area contributed by atoms with E-state index in [1.165, 1.54) is 6.20 Å². The number of aliphatic hydroxyl groups is 2. The second-order valence-electron chi connectivity index (χ2n) is 16.3. The fourth-order valence-electron chi connectivity index (χ4n) is 10.8. The second kappa shape index (κ2) is 11.8. The van der Waals surface area contributed by atoms with Gasteiger partial charge in [0.25, 0.3) is 0 Å². The van der Waals surface area contributed by atoms with E-state index in [1.54, 1.807) is 16.7 Å². The van der Waals surface area contributed by atoms with Crippen LogP contribution in [0.25, 0.3) is 10.9 Å². The highest BCUT2D eigenvalue weighted by atomic mass is 19.1. The van der Waals surface area contributed by atoms with E-state index in [1.807, 2.05) is 31.9 Å². The lowest BCUT2D eigenvalue weighted by Crippen LogP contribution is -2.61. The minimum atomic E-state index is -1.85. The van der Waals surface area contributed by atoms with E-state index in [0.717, 1.165) is 31.1 Å². The summed E-state index contributed by atoms with van der Waals surface area (Å²) in [7, 11) is 2.01. The molecule has 2 aromatic rings. The van der Waals surface area contributed by atoms with Crippen molar-refractivity contribution in [1.29, 1.82) is 0 Å². The smallest absolute Gasteiger partial charge is 0.344 e. The lowest BCUT2D eigenvalue weighted by atomic mass is 9.46. The molecule has 8 atom stereocenters. The monoisotopic (exact) mass is 703 g/mol. The number of hydrogen-bond acceptors (Lipinski definition) is 10. The summed E-state index contributed by atoms with van der Waals surface area (Å²) in [6, 6.07) is 0.875. The number of Topliss-reactive ketones (excluding diaryl/α,β-unsaturated/α-hetero) is 1. The Hall–Kier alpha value is -3.87. The average Bonchev–Trinajstić information content (AvgIpc) is 3.36. The molecule has 1 aromatic carbocycles. The number of piperazine rings is 1. The third-order valence-corrected chi connectivity index (χ3v) is 13.6. The lowest BCUT2D eigenvalue weighted by Gasteiger charge is -2.59. The van der Waals surface area contributed by atoms with Crippen LogP contribution in [0.15, 0.2) is 40.9 Å². The zero-order chi connectivity index (χ0) is 36.2. The summed E-state index contributed by atoms with van der Waals surface area (Å²) >= 11 is 0. The number of ketones is 2. The van der Waals surface area contributed by atoms with Crippen molar-refractivity contribution in [1.82, 2.24) is 9.47 Å². The van der Waals surface area contributed by atoms with Crippen molar-refractivity contribution in [3.63, 3.8) is 0 Å². The molecule has 11 nitrogen and oxygen atoms in total. The molecule has 0 radical (unpaired) electrons. The van der Waals surface area contributed by atoms with Crippen LogP contribution in [0, 0.1) is 34.4 Å². The van der Waals surface area contributed by atoms with Crippen molar-refractivity contribution in [2.45, 2.75) is 70.6 Å². The van der Waals surface area contributed by atoms with Crippen LogP contribution >= 0.6 is 0 Å². The van der Waals surface area contributed by atoms with E-state index in [9.17, 15) is 29.4 Å². The Morgan fingerprint density at radius 2 is 1.88 bits per heavy atom. The van der Waals surface area contributed by atoms with Gasteiger partial charge in [0.2, 0.25) is 11.2 Å². The quantitative estimate of drug-likeness (QED) is 0.445. The normalized spacial score (nSPS) is 35.8. The number of fused-ring (bicyclic) bond motifs is 5. The Balaban J connectivity index is 1.04. The molecule has 1 saturated heterocycles. The molecule has 4 aliphatic carbocycles. The molecule has 3 heterocycles. The van der Waals surface area contributed by atoms with E-state index in [-0.39, 0.29) is 65.7 Å². The first-order valence-corrected chi connectivity index (χ1v) is 18.2. The Labute approximate surface area is 295 Å². The summed E-state index contributed by atoms with van der Waals surface area (Å²) in [4.78, 5) is 57.5. The number of benzene rings is 1. The lowest BCUT2D eigenvalue weighted by molar-refractivity contribution is -0.178. The number of anilines is 1. The van der Waals surface area contributed by atoms with Gasteiger partial charge in [0.05, 0.1) is 23.0 Å². The maximum absolute atomic E-state index is 15.8. The minimum Gasteiger partial charge on any atom is -0.487 e. The van der Waals surface area contributed by atoms with Gasteiger partial charge in [-0.05, 0) is 76.1 Å². The number of hydrogen-bond donors (Lipinski definition) is 2. The fraction of sp³-hybridized carbons (Fsp3) is 0.590. The first-order chi connectivity index (χ1) is 24.2. The number of halogens is 1. The standard InChI is InChI=1S/C39H46FN3O8/c1-21-19-50-35-32-25(16-28(40)33(35)42-13-11-41(4)12-14-42)34(47)26(18-43(21)32)36(48)51-20-30(46)39(49)10-8-27-24-6-5-22-15-23(44)7-9-37(22,2)31(24)29(45)17-38(27,39)3/h7,9,15-16,18,21,24,27,29,31,45,49H,5-6,8,10-14,17,19-20H2,1-4H3/t21-,24-,27-,29-,31?,37-,38-,39-/m1/s1. The van der Waals surface area contributed by atoms with Crippen LogP contribution in [-0.2, 0) is 14.3 Å². The van der Waals surface area contributed by atoms with Crippen LogP contribution < -0.4 is 15.1 Å². The number of ether oxygens (including phenoxy) is 2. The fourth-order valence-corrected chi connectivity index (χ4v) is 10.8. The van der Waals surface area contributed by atoms with Crippen molar-refractivity contribution in [3.8, 4) is 5.75 Å². The molecule has 1 unspecified atom stereocenters. The third-order valence-electron chi connectivity index (χ3n) is 13.6. The summed E-state index contributed by atoms with van der Waals surface area (Å²) in [5.41, 5.74) is -2.64. The largest absolute Gasteiger partial charge is 0.487 e. The second-order valence-corrected chi connectivity index (χ2v) is 16.3. The maximum Gasteiger partial charge on any atom is 0.344 e. The number of pyridine rings is 1. The molecule has 3 saturated carbocycles. The summed E-state index contributed by atoms with van der Waals surface area (Å²) in [5.74, 6) is -2.31. The number of aromatic nitrogens is 1. The summed E-state index contributed by atoms with van der Waals surface area (Å²) in [6.45, 7) is 7.92. The van der Waals surface area contributed by atoms with Crippen LogP contribution in [-0.4, -0.2) is 95.4 Å². The molecule has 0 bridgehead atoms. The number of aliphatic hydroxyl groups excluding tert-OH is 1. The van der Waals surface area contributed by atoms with E-state index >= 15 is 4.39 Å². The zero-order valence-electron chi connectivity index (χ0n) is 29.6. The molecule has 12 heteroatoms. The predicted octanol–water partition coefficient (Wildman–Crippen LogP) is 3.58. The highest BCUT2D eigenvalue weighted by Crippen LogP contribution is 2.67. The number of esters is 1. The Morgan fingerprint density at radius 3 is 2.63 bits per heavy atom. The highest BCUT2D eigenvalue weighted by molar-refractivity contribution is 6.01. The summed E-state index contributed by atoms with van der Waals surface area (Å²) < 4.78 is 29.1. The number of likely N-dealkylation sites (N-methyl/N-ethyl adjacent to an activating group) is 1. The maximum atomic E-state index is 15.8. The van der Waals surface area contributed by atoms with Crippen LogP contribution in [0.4, 0.5) is 10.1 Å². The van der Waals surface area contributed by atoms with Crippen molar-refractivity contribution in [3.05, 3.63) is 57.7 Å². The summed E-state index contributed by atoms with van der Waals surface area (Å²) in [5, 5.41) is 23.8. The molecule has 272 valence electrons. The number of carbonyl (C=O) groups excluding carboxylic acids is 3. The molecule has 2 N–H and O–H groups in total. The summed E-state index contributed by atoms with van der Waals surface area (Å²) in [6.07, 6.45) is 8.09. The highest BCUT2D eigenvalue weighted by Gasteiger charge is 2.68. The molecule has 6 aliphatic rings. The Bertz CT molecular complexity index is 1980. The molecule has 0 amide bonds. The predicted molar refractivity (Wildman–Crippen MR) is 186 cm³/mol. The van der Waals surface area contributed by atoms with Crippen LogP contribution in [0.5, 0.6) is 5.75 Å². The van der Waals surface area contributed by atoms with Gasteiger partial charge < -0.3 is 34.1 Å². The van der Waals surface area contributed by atoms with Crippen molar-refractivity contribution < 1.29 is 38.5 Å². The molecular formula is C39H46FN3O8. The molecule has 8 rings (SSSR count). The van der Waals surface area contributed by atoms with E-state index < -0.39 is 52.1 Å². The Morgan fingerprint density at radius 1 is 1.14 bits per heavy atom. The van der Waals surface area contributed by atoms with Crippen molar-refractivity contribution >= 4 is 34.1 Å². The van der Waals surface area contributed by atoms with Gasteiger partial charge >= 0.3 is 5.97 Å². The number of nitrogens with zero attached hydrogens (tertiary/aromatic N) is 3. The van der Waals surface area contributed by atoms with E-state index in [0.29, 0.717) is 37.1 Å². The first-order valence-electron chi connectivity index (χ1n) is 18.2. The molecule has 0 spiro atoms. The Kier molecular flexibility index (Phi) is 7.94. The zero-order valence-corrected chi connectivity index (χ0v) is 29.6. The van der Waals surface area contributed by atoms with Gasteiger partial charge in [0.15, 0.2) is 24.0 Å². The van der Waals surface area contributed by atoms with E-state index in [4.69, 9.17) is 9.47 Å². The molecule has 4 fully saturated rings. The van der Waals surface area contributed by atoms with Gasteiger partial charge in [-0.3, -0.25) is 14.4 Å². The molecule has 1 aromatic heterocycles. The number of rotatable bonds is 5. The molecular weight excluding hydrogens is 657 g/mol. The van der Waals surface area contributed by atoms with Gasteiger partial charge in [0.1, 0.15) is 23.5 Å².